The number of hydrogen-bond acceptors (Lipinski definition) is 3. The van der Waals surface area contributed by atoms with Crippen molar-refractivity contribution in [3.05, 3.63) is 36.5 Å². The maximum Gasteiger partial charge on any atom is 0.246 e. The van der Waals surface area contributed by atoms with E-state index in [0.717, 1.165) is 10.9 Å². The van der Waals surface area contributed by atoms with Crippen LogP contribution in [0.15, 0.2) is 36.5 Å². The molecule has 2 aromatic rings. The quantitative estimate of drug-likeness (QED) is 0.915. The van der Waals surface area contributed by atoms with Gasteiger partial charge in [-0.15, -0.1) is 0 Å². The summed E-state index contributed by atoms with van der Waals surface area (Å²) in [6, 6.07) is 8.75. The summed E-state index contributed by atoms with van der Waals surface area (Å²) in [5, 5.41) is 6.49. The number of aromatic nitrogens is 1. The van der Waals surface area contributed by atoms with Gasteiger partial charge in [0.2, 0.25) is 11.8 Å². The lowest BCUT2D eigenvalue weighted by atomic mass is 9.95. The molecule has 2 amide bonds. The lowest BCUT2D eigenvalue weighted by Gasteiger charge is -2.21. The van der Waals surface area contributed by atoms with Gasteiger partial charge in [-0.3, -0.25) is 14.6 Å². The highest BCUT2D eigenvalue weighted by molar-refractivity contribution is 6.03. The number of carbonyl (C=O) groups is 2. The summed E-state index contributed by atoms with van der Waals surface area (Å²) in [5.41, 5.74) is 0.836. The predicted octanol–water partition coefficient (Wildman–Crippen LogP) is 2.72. The fourth-order valence-electron chi connectivity index (χ4n) is 1.92. The van der Waals surface area contributed by atoms with Crippen LogP contribution in [0.5, 0.6) is 0 Å². The maximum atomic E-state index is 12.3. The topological polar surface area (TPSA) is 71.1 Å². The molecule has 0 spiro atoms. The Balaban J connectivity index is 2.12. The third kappa shape index (κ3) is 3.61. The standard InChI is InChI=1S/C17H21N3O2/c1-11(19-16(22)17(2,3)4)15(21)20-13-9-5-7-12-8-6-10-18-14(12)13/h5-11H,1-4H3,(H,19,22)(H,20,21). The van der Waals surface area contributed by atoms with Crippen molar-refractivity contribution in [2.24, 2.45) is 5.41 Å². The lowest BCUT2D eigenvalue weighted by Crippen LogP contribution is -2.46. The molecule has 1 unspecified atom stereocenters. The van der Waals surface area contributed by atoms with Gasteiger partial charge in [-0.2, -0.15) is 0 Å². The molecule has 1 heterocycles. The molecule has 1 atom stereocenters. The fourth-order valence-corrected chi connectivity index (χ4v) is 1.92. The highest BCUT2D eigenvalue weighted by atomic mass is 16.2. The number of amides is 2. The molecule has 5 nitrogen and oxygen atoms in total. The first-order chi connectivity index (χ1) is 10.3. The van der Waals surface area contributed by atoms with Gasteiger partial charge in [0, 0.05) is 17.0 Å². The number of fused-ring (bicyclic) bond motifs is 1. The van der Waals surface area contributed by atoms with Gasteiger partial charge in [-0.25, -0.2) is 0 Å². The van der Waals surface area contributed by atoms with E-state index in [4.69, 9.17) is 0 Å². The summed E-state index contributed by atoms with van der Waals surface area (Å²) in [6.07, 6.45) is 1.68. The first-order valence-corrected chi connectivity index (χ1v) is 7.24. The molecule has 1 aromatic heterocycles. The molecule has 5 heteroatoms. The Labute approximate surface area is 130 Å². The van der Waals surface area contributed by atoms with E-state index in [1.807, 2.05) is 45.0 Å². The van der Waals surface area contributed by atoms with E-state index in [-0.39, 0.29) is 11.8 Å². The second-order valence-electron chi connectivity index (χ2n) is 6.32. The van der Waals surface area contributed by atoms with Crippen LogP contribution in [-0.4, -0.2) is 22.8 Å². The molecule has 116 valence electrons. The zero-order chi connectivity index (χ0) is 16.3. The predicted molar refractivity (Wildman–Crippen MR) is 87.4 cm³/mol. The maximum absolute atomic E-state index is 12.3. The van der Waals surface area contributed by atoms with Gasteiger partial charge in [0.1, 0.15) is 6.04 Å². The van der Waals surface area contributed by atoms with Crippen molar-refractivity contribution < 1.29 is 9.59 Å². The van der Waals surface area contributed by atoms with Crippen LogP contribution in [0.3, 0.4) is 0 Å². The highest BCUT2D eigenvalue weighted by Gasteiger charge is 2.25. The molecule has 0 saturated heterocycles. The number of hydrogen-bond donors (Lipinski definition) is 2. The Morgan fingerprint density at radius 3 is 2.50 bits per heavy atom. The molecule has 22 heavy (non-hydrogen) atoms. The molecule has 0 fully saturated rings. The first kappa shape index (κ1) is 15.9. The van der Waals surface area contributed by atoms with E-state index in [2.05, 4.69) is 15.6 Å². The molecule has 0 aliphatic carbocycles. The monoisotopic (exact) mass is 299 g/mol. The van der Waals surface area contributed by atoms with Gasteiger partial charge in [0.15, 0.2) is 0 Å². The summed E-state index contributed by atoms with van der Waals surface area (Å²) in [6.45, 7) is 7.09. The number of carbonyl (C=O) groups excluding carboxylic acids is 2. The molecule has 0 bridgehead atoms. The summed E-state index contributed by atoms with van der Waals surface area (Å²) < 4.78 is 0. The second kappa shape index (κ2) is 6.13. The minimum atomic E-state index is -0.620. The van der Waals surface area contributed by atoms with Crippen LogP contribution >= 0.6 is 0 Å². The Kier molecular flexibility index (Phi) is 4.45. The minimum absolute atomic E-state index is 0.161. The number of rotatable bonds is 3. The Hall–Kier alpha value is -2.43. The van der Waals surface area contributed by atoms with E-state index >= 15 is 0 Å². The van der Waals surface area contributed by atoms with Gasteiger partial charge in [0.25, 0.3) is 0 Å². The molecule has 2 rings (SSSR count). The average molecular weight is 299 g/mol. The minimum Gasteiger partial charge on any atom is -0.344 e. The summed E-state index contributed by atoms with van der Waals surface area (Å²) in [5.74, 6) is -0.429. The van der Waals surface area contributed by atoms with Crippen molar-refractivity contribution in [3.8, 4) is 0 Å². The van der Waals surface area contributed by atoms with E-state index < -0.39 is 11.5 Å². The summed E-state index contributed by atoms with van der Waals surface area (Å²) in [4.78, 5) is 28.5. The number of para-hydroxylation sites is 1. The first-order valence-electron chi connectivity index (χ1n) is 7.24. The number of anilines is 1. The largest absolute Gasteiger partial charge is 0.344 e. The second-order valence-corrected chi connectivity index (χ2v) is 6.32. The van der Waals surface area contributed by atoms with Crippen LogP contribution in [0.2, 0.25) is 0 Å². The Bertz CT molecular complexity index is 699. The van der Waals surface area contributed by atoms with Crippen LogP contribution in [0, 0.1) is 5.41 Å². The van der Waals surface area contributed by atoms with Gasteiger partial charge in [0.05, 0.1) is 11.2 Å². The van der Waals surface area contributed by atoms with Crippen molar-refractivity contribution in [1.82, 2.24) is 10.3 Å². The molecule has 0 saturated carbocycles. The van der Waals surface area contributed by atoms with Crippen LogP contribution in [0.25, 0.3) is 10.9 Å². The molecule has 0 radical (unpaired) electrons. The normalized spacial score (nSPS) is 12.7. The van der Waals surface area contributed by atoms with Gasteiger partial charge < -0.3 is 10.6 Å². The van der Waals surface area contributed by atoms with E-state index in [0.29, 0.717) is 5.69 Å². The molecular formula is C17H21N3O2. The molecular weight excluding hydrogens is 278 g/mol. The highest BCUT2D eigenvalue weighted by Crippen LogP contribution is 2.20. The smallest absolute Gasteiger partial charge is 0.246 e. The molecule has 0 aliphatic rings. The van der Waals surface area contributed by atoms with Crippen LogP contribution in [0.1, 0.15) is 27.7 Å². The van der Waals surface area contributed by atoms with Crippen LogP contribution < -0.4 is 10.6 Å². The van der Waals surface area contributed by atoms with Gasteiger partial charge in [-0.1, -0.05) is 39.0 Å². The van der Waals surface area contributed by atoms with E-state index in [9.17, 15) is 9.59 Å². The van der Waals surface area contributed by atoms with Crippen LogP contribution in [-0.2, 0) is 9.59 Å². The number of pyridine rings is 1. The number of benzene rings is 1. The zero-order valence-corrected chi connectivity index (χ0v) is 13.3. The number of nitrogens with zero attached hydrogens (tertiary/aromatic N) is 1. The number of nitrogens with one attached hydrogen (secondary N) is 2. The molecule has 1 aromatic carbocycles. The van der Waals surface area contributed by atoms with Crippen molar-refractivity contribution in [1.29, 1.82) is 0 Å². The van der Waals surface area contributed by atoms with Gasteiger partial charge >= 0.3 is 0 Å². The average Bonchev–Trinajstić information content (AvgIpc) is 2.46. The lowest BCUT2D eigenvalue weighted by molar-refractivity contribution is -0.131. The zero-order valence-electron chi connectivity index (χ0n) is 13.3. The third-order valence-corrected chi connectivity index (χ3v) is 3.31. The molecule has 2 N–H and O–H groups in total. The summed E-state index contributed by atoms with van der Waals surface area (Å²) >= 11 is 0. The van der Waals surface area contributed by atoms with Crippen molar-refractivity contribution in [2.75, 3.05) is 5.32 Å². The van der Waals surface area contributed by atoms with Crippen LogP contribution in [0.4, 0.5) is 5.69 Å². The fraction of sp³-hybridized carbons (Fsp3) is 0.353. The Morgan fingerprint density at radius 2 is 1.82 bits per heavy atom. The van der Waals surface area contributed by atoms with E-state index in [1.165, 1.54) is 0 Å². The van der Waals surface area contributed by atoms with E-state index in [1.54, 1.807) is 19.2 Å². The van der Waals surface area contributed by atoms with Crippen molar-refractivity contribution in [2.45, 2.75) is 33.7 Å². The summed E-state index contributed by atoms with van der Waals surface area (Å²) in [7, 11) is 0. The van der Waals surface area contributed by atoms with Gasteiger partial charge in [-0.05, 0) is 19.1 Å². The SMILES string of the molecule is CC(NC(=O)C(C)(C)C)C(=O)Nc1cccc2cccnc12. The third-order valence-electron chi connectivity index (χ3n) is 3.31. The molecule has 0 aliphatic heterocycles. The Morgan fingerprint density at radius 1 is 1.14 bits per heavy atom. The van der Waals surface area contributed by atoms with Crippen molar-refractivity contribution in [3.63, 3.8) is 0 Å². The van der Waals surface area contributed by atoms with Crippen molar-refractivity contribution >= 4 is 28.4 Å².